The maximum absolute atomic E-state index is 13.9. The third-order valence-electron chi connectivity index (χ3n) is 5.46. The molecule has 2 aromatic carbocycles. The van der Waals surface area contributed by atoms with E-state index < -0.39 is 23.4 Å². The summed E-state index contributed by atoms with van der Waals surface area (Å²) in [5, 5.41) is 0. The number of methoxy groups -OCH3 is 2. The van der Waals surface area contributed by atoms with E-state index in [9.17, 15) is 18.4 Å². The first kappa shape index (κ1) is 23.6. The van der Waals surface area contributed by atoms with Gasteiger partial charge in [0.15, 0.2) is 11.6 Å². The van der Waals surface area contributed by atoms with Gasteiger partial charge in [0, 0.05) is 33.4 Å². The van der Waals surface area contributed by atoms with Gasteiger partial charge in [0.05, 0.1) is 24.5 Å². The molecule has 0 atom stereocenters. The van der Waals surface area contributed by atoms with Crippen LogP contribution < -0.4 is 4.90 Å². The predicted octanol–water partition coefficient (Wildman–Crippen LogP) is 3.46. The lowest BCUT2D eigenvalue weighted by molar-refractivity contribution is -0.120. The van der Waals surface area contributed by atoms with Crippen molar-refractivity contribution < 1.29 is 27.8 Å². The van der Waals surface area contributed by atoms with Crippen molar-refractivity contribution in [3.63, 3.8) is 0 Å². The number of benzene rings is 2. The predicted molar refractivity (Wildman–Crippen MR) is 117 cm³/mol. The number of halogens is 2. The molecule has 170 valence electrons. The van der Waals surface area contributed by atoms with Crippen molar-refractivity contribution >= 4 is 23.1 Å². The summed E-state index contributed by atoms with van der Waals surface area (Å²) in [5.41, 5.74) is 2.93. The molecule has 0 saturated heterocycles. The molecule has 2 aromatic rings. The SMILES string of the molecule is COCCN(CCOC)C1=C(c2ccc(C)c(C)c2)C(=O)N(c2ccc(F)c(F)c2)C1=O. The summed E-state index contributed by atoms with van der Waals surface area (Å²) in [5.74, 6) is -3.40. The molecule has 0 radical (unpaired) electrons. The van der Waals surface area contributed by atoms with Gasteiger partial charge in [-0.1, -0.05) is 18.2 Å². The number of carbonyl (C=O) groups excluding carboxylic acids is 2. The van der Waals surface area contributed by atoms with Gasteiger partial charge in [-0.2, -0.15) is 0 Å². The van der Waals surface area contributed by atoms with E-state index >= 15 is 0 Å². The monoisotopic (exact) mass is 444 g/mol. The lowest BCUT2D eigenvalue weighted by atomic mass is 9.99. The maximum Gasteiger partial charge on any atom is 0.282 e. The van der Waals surface area contributed by atoms with E-state index in [1.807, 2.05) is 26.0 Å². The van der Waals surface area contributed by atoms with Crippen LogP contribution in [0.5, 0.6) is 0 Å². The highest BCUT2D eigenvalue weighted by Gasteiger charge is 2.42. The van der Waals surface area contributed by atoms with Crippen LogP contribution in [0.15, 0.2) is 42.1 Å². The number of hydrogen-bond donors (Lipinski definition) is 0. The Kier molecular flexibility index (Phi) is 7.37. The Balaban J connectivity index is 2.16. The van der Waals surface area contributed by atoms with Gasteiger partial charge in [0.25, 0.3) is 11.8 Å². The van der Waals surface area contributed by atoms with Crippen LogP contribution in [0.3, 0.4) is 0 Å². The van der Waals surface area contributed by atoms with E-state index in [1.54, 1.807) is 25.2 Å². The summed E-state index contributed by atoms with van der Waals surface area (Å²) in [6, 6.07) is 8.46. The molecule has 1 aliphatic heterocycles. The summed E-state index contributed by atoms with van der Waals surface area (Å²) in [6.45, 7) is 5.19. The summed E-state index contributed by atoms with van der Waals surface area (Å²) in [4.78, 5) is 29.7. The van der Waals surface area contributed by atoms with Crippen molar-refractivity contribution in [3.05, 3.63) is 70.4 Å². The van der Waals surface area contributed by atoms with Crippen molar-refractivity contribution in [3.8, 4) is 0 Å². The summed E-state index contributed by atoms with van der Waals surface area (Å²) in [6.07, 6.45) is 0. The van der Waals surface area contributed by atoms with Crippen LogP contribution in [0.25, 0.3) is 5.57 Å². The van der Waals surface area contributed by atoms with E-state index in [0.29, 0.717) is 31.9 Å². The molecule has 1 aliphatic rings. The Morgan fingerprint density at radius 1 is 0.844 bits per heavy atom. The fourth-order valence-corrected chi connectivity index (χ4v) is 3.57. The van der Waals surface area contributed by atoms with Crippen molar-refractivity contribution in [2.24, 2.45) is 0 Å². The molecule has 3 rings (SSSR count). The Bertz CT molecular complexity index is 1060. The summed E-state index contributed by atoms with van der Waals surface area (Å²) < 4.78 is 37.8. The summed E-state index contributed by atoms with van der Waals surface area (Å²) in [7, 11) is 3.09. The van der Waals surface area contributed by atoms with Crippen molar-refractivity contribution in [2.45, 2.75) is 13.8 Å². The molecule has 0 unspecified atom stereocenters. The Morgan fingerprint density at radius 3 is 2.06 bits per heavy atom. The Labute approximate surface area is 186 Å². The molecule has 1 heterocycles. The summed E-state index contributed by atoms with van der Waals surface area (Å²) >= 11 is 0. The standard InChI is InChI=1S/C24H26F2N2O4/c1-15-5-6-17(13-16(15)2)21-22(27(9-11-31-3)10-12-32-4)24(30)28(23(21)29)18-7-8-19(25)20(26)14-18/h5-8,13-14H,9-12H2,1-4H3. The van der Waals surface area contributed by atoms with Gasteiger partial charge < -0.3 is 14.4 Å². The van der Waals surface area contributed by atoms with Crippen LogP contribution in [0, 0.1) is 25.5 Å². The van der Waals surface area contributed by atoms with Gasteiger partial charge in [-0.05, 0) is 42.7 Å². The third kappa shape index (κ3) is 4.56. The second-order valence-corrected chi connectivity index (χ2v) is 7.54. The lowest BCUT2D eigenvalue weighted by Gasteiger charge is -2.25. The molecule has 32 heavy (non-hydrogen) atoms. The first-order valence-corrected chi connectivity index (χ1v) is 10.2. The molecule has 0 spiro atoms. The zero-order valence-electron chi connectivity index (χ0n) is 18.6. The molecule has 0 aromatic heterocycles. The van der Waals surface area contributed by atoms with E-state index in [4.69, 9.17) is 9.47 Å². The van der Waals surface area contributed by atoms with E-state index in [-0.39, 0.29) is 17.0 Å². The minimum absolute atomic E-state index is 0.0336. The zero-order valence-corrected chi connectivity index (χ0v) is 18.6. The van der Waals surface area contributed by atoms with Gasteiger partial charge in [0.2, 0.25) is 0 Å². The first-order chi connectivity index (χ1) is 15.3. The molecular formula is C24H26F2N2O4. The van der Waals surface area contributed by atoms with Crippen LogP contribution in [0.2, 0.25) is 0 Å². The second-order valence-electron chi connectivity index (χ2n) is 7.54. The highest BCUT2D eigenvalue weighted by Crippen LogP contribution is 2.35. The number of ether oxygens (including phenoxy) is 2. The van der Waals surface area contributed by atoms with E-state index in [2.05, 4.69) is 0 Å². The average molecular weight is 444 g/mol. The van der Waals surface area contributed by atoms with Gasteiger partial charge in [-0.3, -0.25) is 9.59 Å². The average Bonchev–Trinajstić information content (AvgIpc) is 3.02. The number of anilines is 1. The van der Waals surface area contributed by atoms with E-state index in [1.165, 1.54) is 6.07 Å². The fraction of sp³-hybridized carbons (Fsp3) is 0.333. The first-order valence-electron chi connectivity index (χ1n) is 10.2. The largest absolute Gasteiger partial charge is 0.383 e. The lowest BCUT2D eigenvalue weighted by Crippen LogP contribution is -2.37. The number of nitrogens with zero attached hydrogens (tertiary/aromatic N) is 2. The number of rotatable bonds is 9. The van der Waals surface area contributed by atoms with Crippen LogP contribution in [-0.4, -0.2) is 57.2 Å². The van der Waals surface area contributed by atoms with Crippen molar-refractivity contribution in [1.82, 2.24) is 4.90 Å². The molecule has 0 saturated carbocycles. The van der Waals surface area contributed by atoms with Crippen LogP contribution in [0.1, 0.15) is 16.7 Å². The molecule has 8 heteroatoms. The quantitative estimate of drug-likeness (QED) is 0.555. The molecule has 0 aliphatic carbocycles. The number of carbonyl (C=O) groups is 2. The second kappa shape index (κ2) is 10.0. The third-order valence-corrected chi connectivity index (χ3v) is 5.46. The normalized spacial score (nSPS) is 14.0. The minimum Gasteiger partial charge on any atom is -0.383 e. The highest BCUT2D eigenvalue weighted by atomic mass is 19.2. The molecule has 0 N–H and O–H groups in total. The minimum atomic E-state index is -1.14. The van der Waals surface area contributed by atoms with Crippen LogP contribution in [0.4, 0.5) is 14.5 Å². The molecule has 0 bridgehead atoms. The maximum atomic E-state index is 13.9. The Morgan fingerprint density at radius 2 is 1.50 bits per heavy atom. The number of amides is 2. The number of hydrogen-bond acceptors (Lipinski definition) is 5. The zero-order chi connectivity index (χ0) is 23.4. The van der Waals surface area contributed by atoms with Gasteiger partial charge in [0.1, 0.15) is 5.70 Å². The number of aryl methyl sites for hydroxylation is 2. The van der Waals surface area contributed by atoms with Crippen LogP contribution >= 0.6 is 0 Å². The fourth-order valence-electron chi connectivity index (χ4n) is 3.57. The van der Waals surface area contributed by atoms with Gasteiger partial charge in [-0.25, -0.2) is 13.7 Å². The topological polar surface area (TPSA) is 59.1 Å². The highest BCUT2D eigenvalue weighted by molar-refractivity contribution is 6.45. The van der Waals surface area contributed by atoms with Gasteiger partial charge >= 0.3 is 0 Å². The molecular weight excluding hydrogens is 418 g/mol. The molecule has 6 nitrogen and oxygen atoms in total. The van der Waals surface area contributed by atoms with Gasteiger partial charge in [-0.15, -0.1) is 0 Å². The molecule has 2 amide bonds. The van der Waals surface area contributed by atoms with E-state index in [0.717, 1.165) is 28.2 Å². The smallest absolute Gasteiger partial charge is 0.282 e. The molecule has 0 fully saturated rings. The van der Waals surface area contributed by atoms with Crippen LogP contribution in [-0.2, 0) is 19.1 Å². The van der Waals surface area contributed by atoms with Crippen molar-refractivity contribution in [1.29, 1.82) is 0 Å². The van der Waals surface area contributed by atoms with Crippen molar-refractivity contribution in [2.75, 3.05) is 45.4 Å². The Hall–Kier alpha value is -3.10. The number of imide groups is 1.